The van der Waals surface area contributed by atoms with Crippen molar-refractivity contribution in [1.29, 1.82) is 0 Å². The van der Waals surface area contributed by atoms with Crippen LogP contribution in [-0.4, -0.2) is 41.0 Å². The van der Waals surface area contributed by atoms with Gasteiger partial charge in [-0.3, -0.25) is 4.79 Å². The summed E-state index contributed by atoms with van der Waals surface area (Å²) in [6, 6.07) is 4.74. The summed E-state index contributed by atoms with van der Waals surface area (Å²) in [6.07, 6.45) is 3.15. The van der Waals surface area contributed by atoms with Crippen molar-refractivity contribution in [2.45, 2.75) is 39.2 Å². The Morgan fingerprint density at radius 2 is 2.04 bits per heavy atom. The number of amides is 1. The Morgan fingerprint density at radius 1 is 1.39 bits per heavy atom. The highest BCUT2D eigenvalue weighted by atomic mass is 32.1. The number of hydrogen-bond acceptors (Lipinski definition) is 5. The van der Waals surface area contributed by atoms with E-state index in [2.05, 4.69) is 24.9 Å². The van der Waals surface area contributed by atoms with Gasteiger partial charge in [0.15, 0.2) is 11.5 Å². The molecule has 7 heteroatoms. The number of phenolic OH excluding ortho intramolecular Hbond substituents is 1. The molecule has 0 bridgehead atoms. The summed E-state index contributed by atoms with van der Waals surface area (Å²) >= 11 is 3.73. The van der Waals surface area contributed by atoms with Crippen molar-refractivity contribution in [3.05, 3.63) is 23.8 Å². The van der Waals surface area contributed by atoms with E-state index in [9.17, 15) is 14.7 Å². The minimum absolute atomic E-state index is 0.106. The van der Waals surface area contributed by atoms with E-state index in [0.717, 1.165) is 24.8 Å². The smallest absolute Gasteiger partial charge is 0.327 e. The Balaban J connectivity index is 0.000000438. The lowest BCUT2D eigenvalue weighted by Crippen LogP contribution is -2.40. The fourth-order valence-electron chi connectivity index (χ4n) is 1.73. The van der Waals surface area contributed by atoms with Crippen LogP contribution in [-0.2, 0) is 16.0 Å². The van der Waals surface area contributed by atoms with Crippen LogP contribution in [0.4, 0.5) is 0 Å². The quantitative estimate of drug-likeness (QED) is 0.570. The van der Waals surface area contributed by atoms with E-state index in [4.69, 9.17) is 9.84 Å². The van der Waals surface area contributed by atoms with Crippen molar-refractivity contribution in [1.82, 2.24) is 5.32 Å². The van der Waals surface area contributed by atoms with Crippen molar-refractivity contribution in [2.24, 2.45) is 0 Å². The van der Waals surface area contributed by atoms with Gasteiger partial charge in [0.1, 0.15) is 6.04 Å². The number of carbonyl (C=O) groups excluding carboxylic acids is 1. The van der Waals surface area contributed by atoms with Crippen molar-refractivity contribution in [2.75, 3.05) is 12.9 Å². The number of benzene rings is 1. The van der Waals surface area contributed by atoms with E-state index in [-0.39, 0.29) is 11.7 Å². The van der Waals surface area contributed by atoms with Crippen LogP contribution < -0.4 is 10.1 Å². The summed E-state index contributed by atoms with van der Waals surface area (Å²) in [4.78, 5) is 20.5. The monoisotopic (exact) mass is 343 g/mol. The Bertz CT molecular complexity index is 507. The first-order chi connectivity index (χ1) is 10.9. The minimum atomic E-state index is -1.06. The molecule has 130 valence electrons. The van der Waals surface area contributed by atoms with Crippen molar-refractivity contribution < 1.29 is 24.5 Å². The van der Waals surface area contributed by atoms with Crippen LogP contribution in [0.5, 0.6) is 11.5 Å². The minimum Gasteiger partial charge on any atom is -0.504 e. The Hall–Kier alpha value is -1.89. The molecule has 0 heterocycles. The number of thiol groups is 1. The molecule has 1 aromatic carbocycles. The second-order valence-corrected chi connectivity index (χ2v) is 5.21. The van der Waals surface area contributed by atoms with Crippen LogP contribution in [0.1, 0.15) is 32.3 Å². The number of unbranched alkanes of at least 4 members (excludes halogenated alkanes) is 1. The van der Waals surface area contributed by atoms with Crippen LogP contribution in [0.25, 0.3) is 0 Å². The molecular weight excluding hydrogens is 318 g/mol. The van der Waals surface area contributed by atoms with Gasteiger partial charge in [0.2, 0.25) is 5.91 Å². The number of aliphatic carboxylic acids is 1. The molecule has 0 saturated heterocycles. The summed E-state index contributed by atoms with van der Waals surface area (Å²) in [7, 11) is 1.57. The predicted molar refractivity (Wildman–Crippen MR) is 92.4 cm³/mol. The number of methoxy groups -OCH3 is 1. The molecule has 1 amide bonds. The zero-order valence-corrected chi connectivity index (χ0v) is 14.6. The van der Waals surface area contributed by atoms with E-state index in [0.29, 0.717) is 11.5 Å². The molecule has 0 aromatic heterocycles. The normalized spacial score (nSPS) is 11.0. The van der Waals surface area contributed by atoms with Gasteiger partial charge < -0.3 is 20.3 Å². The summed E-state index contributed by atoms with van der Waals surface area (Å²) < 4.78 is 5.02. The SMILES string of the molecule is CC(=O)NC(CS)C(=O)O.CCCCc1cccc(OC)c1O. The van der Waals surface area contributed by atoms with Crippen LogP contribution in [0, 0.1) is 0 Å². The number of aromatic hydroxyl groups is 1. The fourth-order valence-corrected chi connectivity index (χ4v) is 1.98. The molecular formula is C16H25NO5S. The van der Waals surface area contributed by atoms with Crippen LogP contribution in [0.3, 0.4) is 0 Å². The van der Waals surface area contributed by atoms with Gasteiger partial charge in [0, 0.05) is 12.7 Å². The van der Waals surface area contributed by atoms with Crippen LogP contribution in [0.2, 0.25) is 0 Å². The summed E-state index contributed by atoms with van der Waals surface area (Å²) in [5.41, 5.74) is 0.973. The van der Waals surface area contributed by atoms with Crippen molar-refractivity contribution in [3.63, 3.8) is 0 Å². The lowest BCUT2D eigenvalue weighted by atomic mass is 10.1. The number of para-hydroxylation sites is 1. The van der Waals surface area contributed by atoms with Crippen molar-refractivity contribution >= 4 is 24.5 Å². The lowest BCUT2D eigenvalue weighted by molar-refractivity contribution is -0.140. The average molecular weight is 343 g/mol. The summed E-state index contributed by atoms with van der Waals surface area (Å²) in [5.74, 6) is -0.465. The highest BCUT2D eigenvalue weighted by Gasteiger charge is 2.15. The van der Waals surface area contributed by atoms with Gasteiger partial charge in [0.25, 0.3) is 0 Å². The molecule has 3 N–H and O–H groups in total. The Morgan fingerprint density at radius 3 is 2.43 bits per heavy atom. The molecule has 23 heavy (non-hydrogen) atoms. The molecule has 0 aliphatic carbocycles. The number of carboxylic acids is 1. The number of carbonyl (C=O) groups is 2. The van der Waals surface area contributed by atoms with Crippen molar-refractivity contribution in [3.8, 4) is 11.5 Å². The lowest BCUT2D eigenvalue weighted by Gasteiger charge is -2.08. The number of aryl methyl sites for hydroxylation is 1. The van der Waals surface area contributed by atoms with Gasteiger partial charge in [-0.2, -0.15) is 12.6 Å². The second-order valence-electron chi connectivity index (χ2n) is 4.85. The molecule has 1 aromatic rings. The largest absolute Gasteiger partial charge is 0.504 e. The standard InChI is InChI=1S/C11H16O2.C5H9NO3S/c1-3-4-6-9-7-5-8-10(13-2)11(9)12;1-3(7)6-4(2-10)5(8)9/h5,7-8,12H,3-4,6H2,1-2H3;4,10H,2H2,1H3,(H,6,7)(H,8,9). The number of ether oxygens (including phenoxy) is 1. The molecule has 0 spiro atoms. The Labute approximate surface area is 142 Å². The van der Waals surface area contributed by atoms with Gasteiger partial charge in [0.05, 0.1) is 7.11 Å². The molecule has 1 rings (SSSR count). The number of rotatable bonds is 7. The van der Waals surface area contributed by atoms with E-state index < -0.39 is 12.0 Å². The van der Waals surface area contributed by atoms with E-state index in [1.165, 1.54) is 6.92 Å². The zero-order valence-electron chi connectivity index (χ0n) is 13.7. The van der Waals surface area contributed by atoms with Gasteiger partial charge in [-0.1, -0.05) is 25.5 Å². The first-order valence-electron chi connectivity index (χ1n) is 7.32. The molecule has 0 aliphatic rings. The zero-order chi connectivity index (χ0) is 17.8. The first kappa shape index (κ1) is 21.1. The average Bonchev–Trinajstić information content (AvgIpc) is 2.51. The van der Waals surface area contributed by atoms with Gasteiger partial charge in [-0.15, -0.1) is 0 Å². The molecule has 1 unspecified atom stereocenters. The topological polar surface area (TPSA) is 95.9 Å². The highest BCUT2D eigenvalue weighted by molar-refractivity contribution is 7.80. The third kappa shape index (κ3) is 8.35. The van der Waals surface area contributed by atoms with Crippen LogP contribution in [0.15, 0.2) is 18.2 Å². The van der Waals surface area contributed by atoms with Crippen LogP contribution >= 0.6 is 12.6 Å². The number of hydrogen-bond donors (Lipinski definition) is 4. The predicted octanol–water partition coefficient (Wildman–Crippen LogP) is 2.25. The van der Waals surface area contributed by atoms with E-state index >= 15 is 0 Å². The van der Waals surface area contributed by atoms with Gasteiger partial charge in [-0.25, -0.2) is 4.79 Å². The summed E-state index contributed by atoms with van der Waals surface area (Å²) in [5, 5.41) is 20.3. The second kappa shape index (κ2) is 11.6. The molecule has 0 aliphatic heterocycles. The third-order valence-corrected chi connectivity index (χ3v) is 3.33. The highest BCUT2D eigenvalue weighted by Crippen LogP contribution is 2.30. The first-order valence-corrected chi connectivity index (χ1v) is 7.96. The molecule has 0 fully saturated rings. The molecule has 0 saturated carbocycles. The number of carboxylic acid groups (broad SMARTS) is 1. The molecule has 1 atom stereocenters. The Kier molecular flexibility index (Phi) is 10.7. The molecule has 6 nitrogen and oxygen atoms in total. The maximum atomic E-state index is 10.3. The van der Waals surface area contributed by atoms with Gasteiger partial charge >= 0.3 is 5.97 Å². The number of nitrogens with one attached hydrogen (secondary N) is 1. The number of phenols is 1. The maximum absolute atomic E-state index is 10.3. The van der Waals surface area contributed by atoms with E-state index in [1.807, 2.05) is 12.1 Å². The maximum Gasteiger partial charge on any atom is 0.327 e. The third-order valence-electron chi connectivity index (χ3n) is 2.96. The fraction of sp³-hybridized carbons (Fsp3) is 0.500. The molecule has 0 radical (unpaired) electrons. The summed E-state index contributed by atoms with van der Waals surface area (Å²) in [6.45, 7) is 3.40. The van der Waals surface area contributed by atoms with E-state index in [1.54, 1.807) is 13.2 Å². The van der Waals surface area contributed by atoms with Gasteiger partial charge in [-0.05, 0) is 24.5 Å².